The summed E-state index contributed by atoms with van der Waals surface area (Å²) in [6, 6.07) is 6.75. The highest BCUT2D eigenvalue weighted by atomic mass is 35.5. The van der Waals surface area contributed by atoms with E-state index in [1.807, 2.05) is 0 Å². The molecule has 2 aromatic carbocycles. The van der Waals surface area contributed by atoms with E-state index in [2.05, 4.69) is 0 Å². The average molecular weight is 343 g/mol. The van der Waals surface area contributed by atoms with Crippen LogP contribution in [0.1, 0.15) is 22.3 Å². The fourth-order valence-corrected chi connectivity index (χ4v) is 2.39. The smallest absolute Gasteiger partial charge is 0.417 e. The predicted octanol–water partition coefficient (Wildman–Crippen LogP) is 5.05. The van der Waals surface area contributed by atoms with Gasteiger partial charge in [0.05, 0.1) is 10.6 Å². The molecule has 0 fully saturated rings. The third kappa shape index (κ3) is 3.59. The molecule has 0 unspecified atom stereocenters. The van der Waals surface area contributed by atoms with Gasteiger partial charge >= 0.3 is 6.18 Å². The molecule has 2 rings (SSSR count). The van der Waals surface area contributed by atoms with Gasteiger partial charge in [-0.1, -0.05) is 17.7 Å². The zero-order valence-electron chi connectivity index (χ0n) is 12.4. The maximum Gasteiger partial charge on any atom is 0.417 e. The van der Waals surface area contributed by atoms with Gasteiger partial charge in [0.1, 0.15) is 17.3 Å². The summed E-state index contributed by atoms with van der Waals surface area (Å²) < 4.78 is 44.2. The Morgan fingerprint density at radius 1 is 1.13 bits per heavy atom. The Morgan fingerprint density at radius 3 is 2.35 bits per heavy atom. The molecule has 0 bridgehead atoms. The molecule has 0 aliphatic rings. The van der Waals surface area contributed by atoms with Crippen LogP contribution < -0.4 is 10.5 Å². The maximum atomic E-state index is 12.9. The number of aryl methyl sites for hydroxylation is 2. The Hall–Kier alpha value is -2.21. The van der Waals surface area contributed by atoms with Crippen LogP contribution in [0.3, 0.4) is 0 Å². The third-order valence-electron chi connectivity index (χ3n) is 3.30. The minimum Gasteiger partial charge on any atom is -0.456 e. The Bertz CT molecular complexity index is 773. The van der Waals surface area contributed by atoms with Crippen molar-refractivity contribution < 1.29 is 17.9 Å². The van der Waals surface area contributed by atoms with Gasteiger partial charge in [0, 0.05) is 5.56 Å². The lowest BCUT2D eigenvalue weighted by molar-refractivity contribution is -0.137. The quantitative estimate of drug-likeness (QED) is 0.605. The second-order valence-electron chi connectivity index (χ2n) is 5.06. The first-order valence-corrected chi connectivity index (χ1v) is 6.98. The third-order valence-corrected chi connectivity index (χ3v) is 3.69. The molecule has 0 aromatic heterocycles. The lowest BCUT2D eigenvalue weighted by Gasteiger charge is -2.15. The van der Waals surface area contributed by atoms with E-state index in [0.717, 1.165) is 6.07 Å². The number of hydrogen-bond donors (Lipinski definition) is 2. The summed E-state index contributed by atoms with van der Waals surface area (Å²) in [5.74, 6) is 0.183. The van der Waals surface area contributed by atoms with Gasteiger partial charge in [-0.3, -0.25) is 5.41 Å². The van der Waals surface area contributed by atoms with Crippen molar-refractivity contribution in [1.29, 1.82) is 5.41 Å². The summed E-state index contributed by atoms with van der Waals surface area (Å²) in [6.45, 7) is 3.44. The summed E-state index contributed by atoms with van der Waals surface area (Å²) in [4.78, 5) is 0. The first kappa shape index (κ1) is 17.1. The number of nitrogens with one attached hydrogen (secondary N) is 1. The summed E-state index contributed by atoms with van der Waals surface area (Å²) >= 11 is 5.82. The van der Waals surface area contributed by atoms with Gasteiger partial charge in [-0.2, -0.15) is 13.2 Å². The molecule has 122 valence electrons. The summed E-state index contributed by atoms with van der Waals surface area (Å²) in [7, 11) is 0. The monoisotopic (exact) mass is 342 g/mol. The highest BCUT2D eigenvalue weighted by Crippen LogP contribution is 2.41. The summed E-state index contributed by atoms with van der Waals surface area (Å²) in [5.41, 5.74) is 6.38. The van der Waals surface area contributed by atoms with Crippen molar-refractivity contribution in [2.75, 3.05) is 0 Å². The van der Waals surface area contributed by atoms with E-state index < -0.39 is 16.8 Å². The first-order valence-electron chi connectivity index (χ1n) is 6.60. The van der Waals surface area contributed by atoms with Gasteiger partial charge in [-0.05, 0) is 49.2 Å². The fourth-order valence-electron chi connectivity index (χ4n) is 2.12. The number of hydrogen-bond acceptors (Lipinski definition) is 2. The van der Waals surface area contributed by atoms with E-state index in [1.165, 1.54) is 12.1 Å². The molecule has 0 aliphatic carbocycles. The SMILES string of the molecule is Cc1cc(C(=N)N)c(C)cc1Oc1cccc(C(F)(F)F)c1Cl. The normalized spacial score (nSPS) is 11.4. The van der Waals surface area contributed by atoms with Crippen molar-refractivity contribution in [2.24, 2.45) is 5.73 Å². The molecule has 0 radical (unpaired) electrons. The Kier molecular flexibility index (Phi) is 4.56. The number of ether oxygens (including phenoxy) is 1. The van der Waals surface area contributed by atoms with Crippen LogP contribution >= 0.6 is 11.6 Å². The van der Waals surface area contributed by atoms with Crippen molar-refractivity contribution >= 4 is 17.4 Å². The van der Waals surface area contributed by atoms with Crippen molar-refractivity contribution in [3.05, 3.63) is 57.6 Å². The van der Waals surface area contributed by atoms with E-state index in [0.29, 0.717) is 22.4 Å². The minimum absolute atomic E-state index is 0.0837. The van der Waals surface area contributed by atoms with Crippen molar-refractivity contribution in [3.63, 3.8) is 0 Å². The second-order valence-corrected chi connectivity index (χ2v) is 5.44. The fraction of sp³-hybridized carbons (Fsp3) is 0.188. The zero-order chi connectivity index (χ0) is 17.4. The number of halogens is 4. The molecule has 0 amide bonds. The molecule has 0 spiro atoms. The van der Waals surface area contributed by atoms with Crippen LogP contribution in [0.25, 0.3) is 0 Å². The lowest BCUT2D eigenvalue weighted by Crippen LogP contribution is -2.13. The summed E-state index contributed by atoms with van der Waals surface area (Å²) in [5, 5.41) is 6.99. The van der Waals surface area contributed by atoms with Gasteiger partial charge < -0.3 is 10.5 Å². The van der Waals surface area contributed by atoms with Crippen LogP contribution in [0.2, 0.25) is 5.02 Å². The summed E-state index contributed by atoms with van der Waals surface area (Å²) in [6.07, 6.45) is -4.56. The Balaban J connectivity index is 2.45. The van der Waals surface area contributed by atoms with Crippen molar-refractivity contribution in [3.8, 4) is 11.5 Å². The highest BCUT2D eigenvalue weighted by molar-refractivity contribution is 6.32. The number of nitrogen functional groups attached to an aromatic ring is 1. The zero-order valence-corrected chi connectivity index (χ0v) is 13.1. The second kappa shape index (κ2) is 6.12. The van der Waals surface area contributed by atoms with E-state index in [-0.39, 0.29) is 11.6 Å². The molecule has 0 saturated carbocycles. The molecule has 3 N–H and O–H groups in total. The molecule has 0 aliphatic heterocycles. The molecule has 3 nitrogen and oxygen atoms in total. The maximum absolute atomic E-state index is 12.9. The lowest BCUT2D eigenvalue weighted by atomic mass is 10.0. The standard InChI is InChI=1S/C16H14ClF3N2O/c1-8-7-13(9(2)6-10(8)15(21)22)23-12-5-3-4-11(14(12)17)16(18,19)20/h3-7H,1-2H3,(H3,21,22). The first-order chi connectivity index (χ1) is 10.6. The van der Waals surface area contributed by atoms with Crippen LogP contribution in [0, 0.1) is 19.3 Å². The van der Waals surface area contributed by atoms with Crippen LogP contribution in [-0.4, -0.2) is 5.84 Å². The number of rotatable bonds is 3. The van der Waals surface area contributed by atoms with Crippen molar-refractivity contribution in [1.82, 2.24) is 0 Å². The van der Waals surface area contributed by atoms with Gasteiger partial charge in [0.15, 0.2) is 0 Å². The molecule has 0 saturated heterocycles. The van der Waals surface area contributed by atoms with Crippen LogP contribution in [-0.2, 0) is 6.18 Å². The Morgan fingerprint density at radius 2 is 1.78 bits per heavy atom. The molecule has 23 heavy (non-hydrogen) atoms. The molecule has 0 heterocycles. The van der Waals surface area contributed by atoms with Crippen LogP contribution in [0.4, 0.5) is 13.2 Å². The molecule has 7 heteroatoms. The Labute approximate surface area is 136 Å². The number of nitrogens with two attached hydrogens (primary N) is 1. The molecular formula is C16H14ClF3N2O. The number of benzene rings is 2. The highest BCUT2D eigenvalue weighted by Gasteiger charge is 2.34. The van der Waals surface area contributed by atoms with Crippen LogP contribution in [0.5, 0.6) is 11.5 Å². The van der Waals surface area contributed by atoms with E-state index in [1.54, 1.807) is 26.0 Å². The van der Waals surface area contributed by atoms with E-state index in [4.69, 9.17) is 27.5 Å². The minimum atomic E-state index is -4.56. The van der Waals surface area contributed by atoms with E-state index in [9.17, 15) is 13.2 Å². The topological polar surface area (TPSA) is 59.1 Å². The predicted molar refractivity (Wildman–Crippen MR) is 83.5 cm³/mol. The van der Waals surface area contributed by atoms with E-state index >= 15 is 0 Å². The van der Waals surface area contributed by atoms with Gasteiger partial charge in [-0.15, -0.1) is 0 Å². The van der Waals surface area contributed by atoms with Gasteiger partial charge in [-0.25, -0.2) is 0 Å². The number of amidine groups is 1. The van der Waals surface area contributed by atoms with Crippen LogP contribution in [0.15, 0.2) is 30.3 Å². The van der Waals surface area contributed by atoms with Gasteiger partial charge in [0.2, 0.25) is 0 Å². The van der Waals surface area contributed by atoms with Gasteiger partial charge in [0.25, 0.3) is 0 Å². The average Bonchev–Trinajstić information content (AvgIpc) is 2.43. The molecule has 0 atom stereocenters. The molecule has 2 aromatic rings. The van der Waals surface area contributed by atoms with Crippen molar-refractivity contribution in [2.45, 2.75) is 20.0 Å². The number of alkyl halides is 3. The largest absolute Gasteiger partial charge is 0.456 e. The molecular weight excluding hydrogens is 329 g/mol.